The van der Waals surface area contributed by atoms with Crippen LogP contribution in [-0.4, -0.2) is 42.0 Å². The highest BCUT2D eigenvalue weighted by Crippen LogP contribution is 2.05. The summed E-state index contributed by atoms with van der Waals surface area (Å²) in [6.45, 7) is 10.4. The second-order valence-electron chi connectivity index (χ2n) is 5.17. The van der Waals surface area contributed by atoms with Crippen molar-refractivity contribution in [2.75, 3.05) is 13.6 Å². The molecule has 4 heteroatoms. The first-order chi connectivity index (χ1) is 6.69. The van der Waals surface area contributed by atoms with Crippen molar-refractivity contribution >= 4 is 5.91 Å². The second-order valence-corrected chi connectivity index (χ2v) is 5.17. The zero-order valence-corrected chi connectivity index (χ0v) is 10.8. The molecule has 0 aromatic carbocycles. The summed E-state index contributed by atoms with van der Waals surface area (Å²) in [6.07, 6.45) is 0. The van der Waals surface area contributed by atoms with E-state index in [1.165, 1.54) is 0 Å². The summed E-state index contributed by atoms with van der Waals surface area (Å²) in [5.74, 6) is 0.0466. The van der Waals surface area contributed by atoms with Gasteiger partial charge in [0.2, 0.25) is 5.91 Å². The van der Waals surface area contributed by atoms with Gasteiger partial charge in [0, 0.05) is 18.1 Å². The van der Waals surface area contributed by atoms with Gasteiger partial charge in [0.25, 0.3) is 0 Å². The fraction of sp³-hybridized carbons (Fsp3) is 0.909. The Balaban J connectivity index is 4.32. The molecule has 0 saturated carbocycles. The summed E-state index contributed by atoms with van der Waals surface area (Å²) < 4.78 is 0. The van der Waals surface area contributed by atoms with E-state index in [2.05, 4.69) is 5.32 Å². The molecule has 2 unspecified atom stereocenters. The third kappa shape index (κ3) is 5.14. The van der Waals surface area contributed by atoms with Crippen molar-refractivity contribution in [1.82, 2.24) is 10.2 Å². The minimum atomic E-state index is -0.182. The third-order valence-electron chi connectivity index (χ3n) is 2.52. The average Bonchev–Trinajstić information content (AvgIpc) is 2.11. The molecular formula is C11H25N3O. The molecule has 90 valence electrons. The molecule has 0 aromatic rings. The van der Waals surface area contributed by atoms with Gasteiger partial charge in [-0.3, -0.25) is 9.69 Å². The molecule has 0 aliphatic heterocycles. The van der Waals surface area contributed by atoms with Crippen molar-refractivity contribution in [3.8, 4) is 0 Å². The lowest BCUT2D eigenvalue weighted by Crippen LogP contribution is -2.53. The van der Waals surface area contributed by atoms with Crippen LogP contribution in [0.5, 0.6) is 0 Å². The molecule has 4 nitrogen and oxygen atoms in total. The van der Waals surface area contributed by atoms with Crippen LogP contribution in [-0.2, 0) is 4.79 Å². The molecule has 0 aromatic heterocycles. The standard InChI is InChI=1S/C11H25N3O/c1-8(7-12)14(6)9(2)10(15)13-11(3,4)5/h8-9H,7,12H2,1-6H3,(H,13,15). The quantitative estimate of drug-likeness (QED) is 0.721. The highest BCUT2D eigenvalue weighted by molar-refractivity contribution is 5.81. The molecule has 1 amide bonds. The van der Waals surface area contributed by atoms with E-state index in [1.807, 2.05) is 46.6 Å². The van der Waals surface area contributed by atoms with Crippen LogP contribution in [0.1, 0.15) is 34.6 Å². The van der Waals surface area contributed by atoms with Gasteiger partial charge in [-0.05, 0) is 41.7 Å². The molecule has 0 spiro atoms. The van der Waals surface area contributed by atoms with Crippen molar-refractivity contribution in [2.45, 2.75) is 52.2 Å². The summed E-state index contributed by atoms with van der Waals surface area (Å²) >= 11 is 0. The molecule has 3 N–H and O–H groups in total. The van der Waals surface area contributed by atoms with Crippen LogP contribution in [0.3, 0.4) is 0 Å². The first-order valence-corrected chi connectivity index (χ1v) is 5.43. The maximum absolute atomic E-state index is 11.8. The maximum Gasteiger partial charge on any atom is 0.237 e. The zero-order chi connectivity index (χ0) is 12.2. The van der Waals surface area contributed by atoms with Gasteiger partial charge in [0.15, 0.2) is 0 Å². The van der Waals surface area contributed by atoms with Crippen LogP contribution >= 0.6 is 0 Å². The number of carbonyl (C=O) groups is 1. The van der Waals surface area contributed by atoms with Crippen LogP contribution in [0, 0.1) is 0 Å². The lowest BCUT2D eigenvalue weighted by molar-refractivity contribution is -0.127. The van der Waals surface area contributed by atoms with Crippen LogP contribution in [0.4, 0.5) is 0 Å². The molecule has 0 rings (SSSR count). The smallest absolute Gasteiger partial charge is 0.237 e. The first-order valence-electron chi connectivity index (χ1n) is 5.43. The summed E-state index contributed by atoms with van der Waals surface area (Å²) in [5, 5.41) is 2.96. The Morgan fingerprint density at radius 2 is 1.87 bits per heavy atom. The predicted octanol–water partition coefficient (Wildman–Crippen LogP) is 0.569. The average molecular weight is 215 g/mol. The minimum Gasteiger partial charge on any atom is -0.350 e. The lowest BCUT2D eigenvalue weighted by atomic mass is 10.1. The van der Waals surface area contributed by atoms with Gasteiger partial charge in [-0.15, -0.1) is 0 Å². The summed E-state index contributed by atoms with van der Waals surface area (Å²) in [7, 11) is 1.92. The molecule has 0 fully saturated rings. The number of carbonyl (C=O) groups excluding carboxylic acids is 1. The lowest BCUT2D eigenvalue weighted by Gasteiger charge is -2.31. The van der Waals surface area contributed by atoms with Gasteiger partial charge in [-0.1, -0.05) is 0 Å². The van der Waals surface area contributed by atoms with E-state index < -0.39 is 0 Å². The minimum absolute atomic E-state index is 0.0466. The highest BCUT2D eigenvalue weighted by atomic mass is 16.2. The van der Waals surface area contributed by atoms with Crippen LogP contribution in [0.2, 0.25) is 0 Å². The fourth-order valence-electron chi connectivity index (χ4n) is 1.21. The topological polar surface area (TPSA) is 58.4 Å². The summed E-state index contributed by atoms with van der Waals surface area (Å²) in [4.78, 5) is 13.8. The Bertz CT molecular complexity index is 210. The van der Waals surface area contributed by atoms with Crippen molar-refractivity contribution in [1.29, 1.82) is 0 Å². The summed E-state index contributed by atoms with van der Waals surface area (Å²) in [6, 6.07) is 0.0634. The monoisotopic (exact) mass is 215 g/mol. The Morgan fingerprint density at radius 1 is 1.40 bits per heavy atom. The maximum atomic E-state index is 11.8. The largest absolute Gasteiger partial charge is 0.350 e. The molecule has 0 heterocycles. The highest BCUT2D eigenvalue weighted by Gasteiger charge is 2.24. The van der Waals surface area contributed by atoms with Crippen LogP contribution in [0.15, 0.2) is 0 Å². The number of amides is 1. The molecule has 15 heavy (non-hydrogen) atoms. The Hall–Kier alpha value is -0.610. The van der Waals surface area contributed by atoms with E-state index in [0.29, 0.717) is 6.54 Å². The van der Waals surface area contributed by atoms with Gasteiger partial charge < -0.3 is 11.1 Å². The molecule has 0 aliphatic carbocycles. The van der Waals surface area contributed by atoms with Crippen molar-refractivity contribution in [3.63, 3.8) is 0 Å². The normalized spacial score (nSPS) is 16.3. The van der Waals surface area contributed by atoms with Gasteiger partial charge in [-0.25, -0.2) is 0 Å². The third-order valence-corrected chi connectivity index (χ3v) is 2.52. The fourth-order valence-corrected chi connectivity index (χ4v) is 1.21. The number of nitrogens with two attached hydrogens (primary N) is 1. The van der Waals surface area contributed by atoms with Gasteiger partial charge in [0.05, 0.1) is 6.04 Å². The number of hydrogen-bond donors (Lipinski definition) is 2. The first kappa shape index (κ1) is 14.4. The second kappa shape index (κ2) is 5.47. The summed E-state index contributed by atoms with van der Waals surface area (Å²) in [5.41, 5.74) is 5.38. The molecule has 0 saturated heterocycles. The number of nitrogens with one attached hydrogen (secondary N) is 1. The van der Waals surface area contributed by atoms with E-state index in [9.17, 15) is 4.79 Å². The van der Waals surface area contributed by atoms with Crippen molar-refractivity contribution < 1.29 is 4.79 Å². The molecule has 0 bridgehead atoms. The van der Waals surface area contributed by atoms with E-state index in [1.54, 1.807) is 0 Å². The van der Waals surface area contributed by atoms with Gasteiger partial charge >= 0.3 is 0 Å². The molecular weight excluding hydrogens is 190 g/mol. The number of hydrogen-bond acceptors (Lipinski definition) is 3. The van der Waals surface area contributed by atoms with Crippen molar-refractivity contribution in [3.05, 3.63) is 0 Å². The number of nitrogens with zero attached hydrogens (tertiary/aromatic N) is 1. The molecule has 0 radical (unpaired) electrons. The van der Waals surface area contributed by atoms with Gasteiger partial charge in [0.1, 0.15) is 0 Å². The van der Waals surface area contributed by atoms with Gasteiger partial charge in [-0.2, -0.15) is 0 Å². The number of likely N-dealkylation sites (N-methyl/N-ethyl adjacent to an activating group) is 1. The Labute approximate surface area is 93.2 Å². The van der Waals surface area contributed by atoms with E-state index in [-0.39, 0.29) is 23.5 Å². The van der Waals surface area contributed by atoms with Crippen LogP contribution < -0.4 is 11.1 Å². The number of rotatable bonds is 4. The SMILES string of the molecule is CC(CN)N(C)C(C)C(=O)NC(C)(C)C. The zero-order valence-electron chi connectivity index (χ0n) is 10.8. The van der Waals surface area contributed by atoms with E-state index >= 15 is 0 Å². The predicted molar refractivity (Wildman–Crippen MR) is 63.6 cm³/mol. The molecule has 0 aliphatic rings. The van der Waals surface area contributed by atoms with Crippen LogP contribution in [0.25, 0.3) is 0 Å². The Kier molecular flexibility index (Phi) is 5.24. The van der Waals surface area contributed by atoms with Crippen molar-refractivity contribution in [2.24, 2.45) is 5.73 Å². The van der Waals surface area contributed by atoms with E-state index in [4.69, 9.17) is 5.73 Å². The Morgan fingerprint density at radius 3 is 2.20 bits per heavy atom. The molecule has 2 atom stereocenters. The van der Waals surface area contributed by atoms with E-state index in [0.717, 1.165) is 0 Å².